The van der Waals surface area contributed by atoms with Gasteiger partial charge in [0.1, 0.15) is 0 Å². The van der Waals surface area contributed by atoms with Crippen molar-refractivity contribution in [1.29, 1.82) is 0 Å². The van der Waals surface area contributed by atoms with E-state index in [0.717, 1.165) is 6.42 Å². The molecule has 0 unspecified atom stereocenters. The Kier molecular flexibility index (Phi) is 10.3. The highest BCUT2D eigenvalue weighted by atomic mass is 15.0. The van der Waals surface area contributed by atoms with Crippen LogP contribution >= 0.6 is 0 Å². The number of nitrogens with zero attached hydrogens (tertiary/aromatic N) is 2. The van der Waals surface area contributed by atoms with Crippen LogP contribution in [0.5, 0.6) is 0 Å². The monoisotopic (exact) mass is 841 g/mol. The molecule has 2 aromatic heterocycles. The summed E-state index contributed by atoms with van der Waals surface area (Å²) < 4.78 is 5.15. The predicted molar refractivity (Wildman–Crippen MR) is 279 cm³/mol. The SMILES string of the molecule is CC(C)(C)c1ccc2c3ccc(C(C)(C)Cc4ccc5c(c4)c4cccc(-c6ccccc6)c4n5-c4ccccc4C(C)(C)C)cc3n(-c3cccc(C(C)(C)C)c3C(C)(C)C)c2c1. The van der Waals surface area contributed by atoms with Crippen molar-refractivity contribution in [2.45, 2.75) is 130 Å². The summed E-state index contributed by atoms with van der Waals surface area (Å²) in [6, 6.07) is 55.5. The molecule has 0 atom stereocenters. The first-order chi connectivity index (χ1) is 30.0. The maximum absolute atomic E-state index is 2.61. The van der Waals surface area contributed by atoms with E-state index in [2.05, 4.69) is 252 Å². The molecule has 0 radical (unpaired) electrons. The minimum atomic E-state index is -0.160. The van der Waals surface area contributed by atoms with Crippen LogP contribution in [0.3, 0.4) is 0 Å². The number of aromatic nitrogens is 2. The van der Waals surface area contributed by atoms with Gasteiger partial charge >= 0.3 is 0 Å². The van der Waals surface area contributed by atoms with E-state index in [1.807, 2.05) is 0 Å². The number of hydrogen-bond acceptors (Lipinski definition) is 0. The number of benzene rings is 7. The van der Waals surface area contributed by atoms with Gasteiger partial charge in [-0.15, -0.1) is 0 Å². The zero-order valence-electron chi connectivity index (χ0n) is 41.0. The molecule has 9 rings (SSSR count). The second-order valence-corrected chi connectivity index (χ2v) is 23.3. The molecule has 2 nitrogen and oxygen atoms in total. The third kappa shape index (κ3) is 7.47. The Morgan fingerprint density at radius 1 is 0.375 bits per heavy atom. The molecule has 2 heterocycles. The van der Waals surface area contributed by atoms with Gasteiger partial charge in [0.2, 0.25) is 0 Å². The fraction of sp³-hybridized carbons (Fsp3) is 0.323. The van der Waals surface area contributed by atoms with Crippen LogP contribution in [-0.4, -0.2) is 9.13 Å². The van der Waals surface area contributed by atoms with Crippen molar-refractivity contribution < 1.29 is 0 Å². The third-order valence-electron chi connectivity index (χ3n) is 13.8. The standard InChI is InChI=1S/C62H68N2/c1-58(2,3)42-31-33-45-46-34-32-43(38-55(46)63(54(45)37-42)53-29-21-27-50(60(7,8)9)56(53)61(10,11)12)62(13,14)39-40-30-35-51-48(36-40)47-25-20-24-44(41-22-16-15-17-23-41)57(47)64(51)52-28-19-18-26-49(52)59(4,5)6/h15-38H,39H2,1-14H3. The maximum Gasteiger partial charge on any atom is 0.0619 e. The number of fused-ring (bicyclic) bond motifs is 6. The van der Waals surface area contributed by atoms with Gasteiger partial charge in [0, 0.05) is 32.8 Å². The second kappa shape index (κ2) is 15.1. The van der Waals surface area contributed by atoms with Gasteiger partial charge in [-0.05, 0) is 109 Å². The molecule has 0 amide bonds. The Bertz CT molecular complexity index is 3230. The molecule has 0 saturated carbocycles. The van der Waals surface area contributed by atoms with Crippen molar-refractivity contribution in [3.63, 3.8) is 0 Å². The average molecular weight is 841 g/mol. The Hall–Kier alpha value is -5.86. The summed E-state index contributed by atoms with van der Waals surface area (Å²) in [5.41, 5.74) is 18.0. The van der Waals surface area contributed by atoms with Gasteiger partial charge in [0.25, 0.3) is 0 Å². The normalized spacial score (nSPS) is 13.2. The minimum Gasteiger partial charge on any atom is -0.309 e. The molecule has 9 aromatic rings. The van der Waals surface area contributed by atoms with Crippen molar-refractivity contribution in [3.8, 4) is 22.5 Å². The van der Waals surface area contributed by atoms with Gasteiger partial charge < -0.3 is 9.13 Å². The molecule has 326 valence electrons. The first-order valence-corrected chi connectivity index (χ1v) is 23.5. The second-order valence-electron chi connectivity index (χ2n) is 23.3. The van der Waals surface area contributed by atoms with E-state index in [-0.39, 0.29) is 27.1 Å². The first-order valence-electron chi connectivity index (χ1n) is 23.5. The van der Waals surface area contributed by atoms with Crippen LogP contribution in [0, 0.1) is 0 Å². The zero-order chi connectivity index (χ0) is 45.7. The van der Waals surface area contributed by atoms with Gasteiger partial charge in [-0.3, -0.25) is 0 Å². The van der Waals surface area contributed by atoms with Crippen LogP contribution in [0.15, 0.2) is 146 Å². The number of hydrogen-bond donors (Lipinski definition) is 0. The summed E-state index contributed by atoms with van der Waals surface area (Å²) in [5, 5.41) is 5.18. The molecule has 0 bridgehead atoms. The van der Waals surface area contributed by atoms with Crippen LogP contribution < -0.4 is 0 Å². The molecule has 0 aliphatic carbocycles. The third-order valence-corrected chi connectivity index (χ3v) is 13.8. The van der Waals surface area contributed by atoms with E-state index >= 15 is 0 Å². The van der Waals surface area contributed by atoms with Crippen molar-refractivity contribution in [1.82, 2.24) is 9.13 Å². The van der Waals surface area contributed by atoms with E-state index < -0.39 is 0 Å². The van der Waals surface area contributed by atoms with Crippen LogP contribution in [-0.2, 0) is 33.5 Å². The lowest BCUT2D eigenvalue weighted by Gasteiger charge is -2.33. The highest BCUT2D eigenvalue weighted by Gasteiger charge is 2.31. The fourth-order valence-electron chi connectivity index (χ4n) is 10.5. The molecule has 0 spiro atoms. The zero-order valence-corrected chi connectivity index (χ0v) is 41.0. The van der Waals surface area contributed by atoms with Gasteiger partial charge in [-0.25, -0.2) is 0 Å². The largest absolute Gasteiger partial charge is 0.309 e. The molecule has 0 N–H and O–H groups in total. The van der Waals surface area contributed by atoms with Crippen LogP contribution in [0.1, 0.15) is 130 Å². The summed E-state index contributed by atoms with van der Waals surface area (Å²) >= 11 is 0. The Morgan fingerprint density at radius 2 is 0.953 bits per heavy atom. The van der Waals surface area contributed by atoms with Gasteiger partial charge in [-0.1, -0.05) is 206 Å². The van der Waals surface area contributed by atoms with Gasteiger partial charge in [0.05, 0.1) is 27.8 Å². The van der Waals surface area contributed by atoms with Crippen molar-refractivity contribution in [2.24, 2.45) is 0 Å². The first kappa shape index (κ1) is 43.4. The Morgan fingerprint density at radius 3 is 1.59 bits per heavy atom. The van der Waals surface area contributed by atoms with E-state index in [4.69, 9.17) is 0 Å². The van der Waals surface area contributed by atoms with Crippen molar-refractivity contribution in [3.05, 3.63) is 179 Å². The summed E-state index contributed by atoms with van der Waals surface area (Å²) in [7, 11) is 0. The molecular weight excluding hydrogens is 773 g/mol. The smallest absolute Gasteiger partial charge is 0.0619 e. The Balaban J connectivity index is 1.24. The molecule has 0 aliphatic heterocycles. The fourth-order valence-corrected chi connectivity index (χ4v) is 10.5. The lowest BCUT2D eigenvalue weighted by atomic mass is 9.74. The van der Waals surface area contributed by atoms with Crippen LogP contribution in [0.25, 0.3) is 66.1 Å². The number of para-hydroxylation sites is 2. The molecule has 64 heavy (non-hydrogen) atoms. The summed E-state index contributed by atoms with van der Waals surface area (Å²) in [5.74, 6) is 0. The highest BCUT2D eigenvalue weighted by Crippen LogP contribution is 2.45. The summed E-state index contributed by atoms with van der Waals surface area (Å²) in [6.07, 6.45) is 0.902. The molecule has 7 aromatic carbocycles. The van der Waals surface area contributed by atoms with Gasteiger partial charge in [-0.2, -0.15) is 0 Å². The Labute approximate surface area is 383 Å². The topological polar surface area (TPSA) is 9.86 Å². The van der Waals surface area contributed by atoms with E-state index in [1.165, 1.54) is 99.5 Å². The maximum atomic E-state index is 2.61. The van der Waals surface area contributed by atoms with E-state index in [0.29, 0.717) is 0 Å². The van der Waals surface area contributed by atoms with Crippen molar-refractivity contribution >= 4 is 43.6 Å². The van der Waals surface area contributed by atoms with E-state index in [9.17, 15) is 0 Å². The molecule has 0 aliphatic rings. The van der Waals surface area contributed by atoms with Crippen LogP contribution in [0.4, 0.5) is 0 Å². The minimum absolute atomic E-state index is 0.00635. The summed E-state index contributed by atoms with van der Waals surface area (Å²) in [6.45, 7) is 33.0. The average Bonchev–Trinajstić information content (AvgIpc) is 3.74. The molecule has 0 saturated heterocycles. The highest BCUT2D eigenvalue weighted by molar-refractivity contribution is 6.14. The molecular formula is C62H68N2. The quantitative estimate of drug-likeness (QED) is 0.158. The van der Waals surface area contributed by atoms with Gasteiger partial charge in [0.15, 0.2) is 0 Å². The lowest BCUT2D eigenvalue weighted by molar-refractivity contribution is 0.523. The lowest BCUT2D eigenvalue weighted by Crippen LogP contribution is -2.24. The van der Waals surface area contributed by atoms with E-state index in [1.54, 1.807) is 0 Å². The van der Waals surface area contributed by atoms with Crippen molar-refractivity contribution in [2.75, 3.05) is 0 Å². The van der Waals surface area contributed by atoms with Crippen LogP contribution in [0.2, 0.25) is 0 Å². The number of rotatable bonds is 6. The molecule has 2 heteroatoms. The summed E-state index contributed by atoms with van der Waals surface area (Å²) in [4.78, 5) is 0. The predicted octanol–water partition coefficient (Wildman–Crippen LogP) is 17.3. The molecule has 0 fully saturated rings.